The molecule has 2 N–H and O–H groups in total. The first kappa shape index (κ1) is 16.4. The molecule has 0 spiro atoms. The van der Waals surface area contributed by atoms with Crippen molar-refractivity contribution in [2.75, 3.05) is 13.2 Å². The topological polar surface area (TPSA) is 114 Å². The fourth-order valence-corrected chi connectivity index (χ4v) is 3.23. The van der Waals surface area contributed by atoms with Crippen LogP contribution in [-0.4, -0.2) is 45.8 Å². The van der Waals surface area contributed by atoms with Gasteiger partial charge in [0.1, 0.15) is 17.1 Å². The number of carbonyl (C=O) groups excluding carboxylic acids is 2. The molecule has 2 aromatic rings. The maximum atomic E-state index is 12.5. The Morgan fingerprint density at radius 1 is 1.38 bits per heavy atom. The van der Waals surface area contributed by atoms with Crippen LogP contribution < -0.4 is 10.7 Å². The third kappa shape index (κ3) is 2.57. The highest BCUT2D eigenvalue weighted by atomic mass is 16.5. The minimum atomic E-state index is -0.878. The van der Waals surface area contributed by atoms with Gasteiger partial charge in [0.05, 0.1) is 19.7 Å². The summed E-state index contributed by atoms with van der Waals surface area (Å²) in [5, 5.41) is 12.8. The van der Waals surface area contributed by atoms with Gasteiger partial charge in [-0.1, -0.05) is 0 Å². The molecule has 2 aliphatic heterocycles. The average molecular weight is 359 g/mol. The van der Waals surface area contributed by atoms with Gasteiger partial charge < -0.3 is 29.0 Å². The predicted molar refractivity (Wildman–Crippen MR) is 87.8 cm³/mol. The summed E-state index contributed by atoms with van der Waals surface area (Å²) in [7, 11) is 0. The van der Waals surface area contributed by atoms with Crippen LogP contribution >= 0.6 is 0 Å². The zero-order chi connectivity index (χ0) is 18.4. The van der Waals surface area contributed by atoms with Gasteiger partial charge in [-0.05, 0) is 19.1 Å². The molecule has 0 aliphatic carbocycles. The van der Waals surface area contributed by atoms with Crippen molar-refractivity contribution >= 4 is 11.8 Å². The lowest BCUT2D eigenvalue weighted by atomic mass is 10.1. The fourth-order valence-electron chi connectivity index (χ4n) is 3.23. The van der Waals surface area contributed by atoms with Crippen LogP contribution in [0.25, 0.3) is 0 Å². The molecule has 1 unspecified atom stereocenters. The van der Waals surface area contributed by atoms with Crippen LogP contribution in [0.5, 0.6) is 5.75 Å². The van der Waals surface area contributed by atoms with Crippen molar-refractivity contribution in [3.63, 3.8) is 0 Å². The number of aromatic nitrogens is 1. The van der Waals surface area contributed by atoms with Crippen LogP contribution in [0.15, 0.2) is 27.5 Å². The Kier molecular flexibility index (Phi) is 3.80. The molecule has 0 saturated carbocycles. The maximum absolute atomic E-state index is 12.5. The SMILES string of the molecule is Cc1ccc(CNC(=O)c2cn3c(c(O)c2=O)C(=O)N2CCOC2C3)o1. The number of amides is 2. The van der Waals surface area contributed by atoms with Crippen molar-refractivity contribution < 1.29 is 23.8 Å². The smallest absolute Gasteiger partial charge is 0.276 e. The summed E-state index contributed by atoms with van der Waals surface area (Å²) in [6.07, 6.45) is 0.829. The van der Waals surface area contributed by atoms with Crippen LogP contribution in [-0.2, 0) is 17.8 Å². The van der Waals surface area contributed by atoms with Gasteiger partial charge >= 0.3 is 0 Å². The number of aryl methyl sites for hydroxylation is 1. The van der Waals surface area contributed by atoms with E-state index in [1.807, 2.05) is 0 Å². The van der Waals surface area contributed by atoms with E-state index in [0.717, 1.165) is 0 Å². The van der Waals surface area contributed by atoms with Crippen molar-refractivity contribution in [3.05, 3.63) is 51.3 Å². The molecule has 9 nitrogen and oxygen atoms in total. The number of aromatic hydroxyl groups is 1. The third-order valence-corrected chi connectivity index (χ3v) is 4.53. The van der Waals surface area contributed by atoms with Crippen LogP contribution in [0.2, 0.25) is 0 Å². The first-order chi connectivity index (χ1) is 12.5. The molecule has 9 heteroatoms. The molecule has 0 radical (unpaired) electrons. The fraction of sp³-hybridized carbons (Fsp3) is 0.353. The Hall–Kier alpha value is -3.07. The standard InChI is InChI=1S/C17H17N3O6/c1-9-2-3-10(26-9)6-18-16(23)11-7-19-8-12-20(4-5-25-12)17(24)13(19)15(22)14(11)21/h2-3,7,12,22H,4-6,8H2,1H3,(H,18,23). The number of hydrogen-bond acceptors (Lipinski definition) is 6. The number of hydrogen-bond donors (Lipinski definition) is 2. The Labute approximate surface area is 147 Å². The van der Waals surface area contributed by atoms with Gasteiger partial charge in [0.15, 0.2) is 17.7 Å². The second kappa shape index (κ2) is 6.03. The Bertz CT molecular complexity index is 960. The molecular weight excluding hydrogens is 342 g/mol. The minimum Gasteiger partial charge on any atom is -0.503 e. The predicted octanol–water partition coefficient (Wildman–Crippen LogP) is 0.197. The van der Waals surface area contributed by atoms with Gasteiger partial charge in [-0.25, -0.2) is 0 Å². The number of nitrogens with zero attached hydrogens (tertiary/aromatic N) is 2. The van der Waals surface area contributed by atoms with E-state index in [2.05, 4.69) is 5.32 Å². The van der Waals surface area contributed by atoms with E-state index >= 15 is 0 Å². The third-order valence-electron chi connectivity index (χ3n) is 4.53. The molecule has 136 valence electrons. The Morgan fingerprint density at radius 2 is 2.19 bits per heavy atom. The van der Waals surface area contributed by atoms with Crippen LogP contribution in [0, 0.1) is 6.92 Å². The van der Waals surface area contributed by atoms with E-state index < -0.39 is 29.2 Å². The number of furan rings is 1. The molecular formula is C17H17N3O6. The van der Waals surface area contributed by atoms with Crippen LogP contribution in [0.4, 0.5) is 0 Å². The lowest BCUT2D eigenvalue weighted by Crippen LogP contribution is -2.46. The summed E-state index contributed by atoms with van der Waals surface area (Å²) in [6.45, 7) is 2.93. The van der Waals surface area contributed by atoms with E-state index in [4.69, 9.17) is 9.15 Å². The maximum Gasteiger partial charge on any atom is 0.276 e. The highest BCUT2D eigenvalue weighted by molar-refractivity contribution is 5.99. The monoisotopic (exact) mass is 359 g/mol. The number of fused-ring (bicyclic) bond motifs is 2. The number of nitrogens with one attached hydrogen (secondary N) is 1. The molecule has 26 heavy (non-hydrogen) atoms. The summed E-state index contributed by atoms with van der Waals surface area (Å²) in [5.41, 5.74) is -1.24. The number of carbonyl (C=O) groups is 2. The van der Waals surface area contributed by atoms with Crippen LogP contribution in [0.1, 0.15) is 32.4 Å². The highest BCUT2D eigenvalue weighted by Gasteiger charge is 2.39. The normalized spacial score (nSPS) is 18.6. The number of pyridine rings is 1. The molecule has 2 aliphatic rings. The average Bonchev–Trinajstić information content (AvgIpc) is 3.24. The van der Waals surface area contributed by atoms with Crippen molar-refractivity contribution in [2.24, 2.45) is 0 Å². The molecule has 0 aromatic carbocycles. The van der Waals surface area contributed by atoms with E-state index in [9.17, 15) is 19.5 Å². The number of ether oxygens (including phenoxy) is 1. The summed E-state index contributed by atoms with van der Waals surface area (Å²) in [4.78, 5) is 38.7. The van der Waals surface area contributed by atoms with Gasteiger partial charge in [0, 0.05) is 12.7 Å². The molecule has 4 rings (SSSR count). The minimum absolute atomic E-state index is 0.104. The zero-order valence-corrected chi connectivity index (χ0v) is 14.0. The van der Waals surface area contributed by atoms with E-state index in [1.165, 1.54) is 15.7 Å². The summed E-state index contributed by atoms with van der Waals surface area (Å²) in [6, 6.07) is 3.48. The van der Waals surface area contributed by atoms with E-state index in [0.29, 0.717) is 24.7 Å². The van der Waals surface area contributed by atoms with Crippen molar-refractivity contribution in [1.29, 1.82) is 0 Å². The largest absolute Gasteiger partial charge is 0.503 e. The first-order valence-corrected chi connectivity index (χ1v) is 8.18. The van der Waals surface area contributed by atoms with Gasteiger partial charge in [-0.3, -0.25) is 14.4 Å². The van der Waals surface area contributed by atoms with Crippen molar-refractivity contribution in [3.8, 4) is 5.75 Å². The van der Waals surface area contributed by atoms with Gasteiger partial charge in [-0.2, -0.15) is 0 Å². The van der Waals surface area contributed by atoms with Crippen LogP contribution in [0.3, 0.4) is 0 Å². The molecule has 1 atom stereocenters. The zero-order valence-electron chi connectivity index (χ0n) is 14.0. The summed E-state index contributed by atoms with van der Waals surface area (Å²) < 4.78 is 12.2. The molecule has 2 aromatic heterocycles. The number of rotatable bonds is 3. The second-order valence-electron chi connectivity index (χ2n) is 6.24. The molecule has 1 saturated heterocycles. The van der Waals surface area contributed by atoms with E-state index in [1.54, 1.807) is 19.1 Å². The van der Waals surface area contributed by atoms with E-state index in [-0.39, 0.29) is 24.3 Å². The highest BCUT2D eigenvalue weighted by Crippen LogP contribution is 2.26. The van der Waals surface area contributed by atoms with Crippen molar-refractivity contribution in [1.82, 2.24) is 14.8 Å². The summed E-state index contributed by atoms with van der Waals surface area (Å²) >= 11 is 0. The molecule has 1 fully saturated rings. The van der Waals surface area contributed by atoms with Gasteiger partial charge in [0.25, 0.3) is 11.8 Å². The lowest BCUT2D eigenvalue weighted by Gasteiger charge is -2.31. The van der Waals surface area contributed by atoms with Crippen molar-refractivity contribution in [2.45, 2.75) is 26.2 Å². The quantitative estimate of drug-likeness (QED) is 0.809. The Balaban J connectivity index is 1.63. The molecule has 0 bridgehead atoms. The molecule has 2 amide bonds. The summed E-state index contributed by atoms with van der Waals surface area (Å²) in [5.74, 6) is -0.603. The lowest BCUT2D eigenvalue weighted by molar-refractivity contribution is 0.00845. The molecule has 4 heterocycles. The first-order valence-electron chi connectivity index (χ1n) is 8.18. The van der Waals surface area contributed by atoms with Gasteiger partial charge in [-0.15, -0.1) is 0 Å². The Morgan fingerprint density at radius 3 is 2.92 bits per heavy atom. The van der Waals surface area contributed by atoms with Gasteiger partial charge in [0.2, 0.25) is 5.43 Å². The second-order valence-corrected chi connectivity index (χ2v) is 6.24.